The van der Waals surface area contributed by atoms with Crippen molar-refractivity contribution in [3.8, 4) is 0 Å². The van der Waals surface area contributed by atoms with E-state index in [9.17, 15) is 5.11 Å². The van der Waals surface area contributed by atoms with Gasteiger partial charge in [-0.25, -0.2) is 0 Å². The number of guanidine groups is 1. The second-order valence-electron chi connectivity index (χ2n) is 6.57. The van der Waals surface area contributed by atoms with Crippen LogP contribution in [0, 0.1) is 5.41 Å². The Kier molecular flexibility index (Phi) is 9.46. The van der Waals surface area contributed by atoms with Gasteiger partial charge >= 0.3 is 0 Å². The van der Waals surface area contributed by atoms with E-state index in [0.717, 1.165) is 44.9 Å². The Hall–Kier alpha value is -1.55. The van der Waals surface area contributed by atoms with Crippen LogP contribution in [-0.2, 0) is 0 Å². The quantitative estimate of drug-likeness (QED) is 0.453. The van der Waals surface area contributed by atoms with E-state index in [1.165, 1.54) is 5.56 Å². The summed E-state index contributed by atoms with van der Waals surface area (Å²) >= 11 is 0. The third-order valence-electron chi connectivity index (χ3n) is 5.00. The molecule has 0 fully saturated rings. The molecule has 0 aliphatic heterocycles. The summed E-state index contributed by atoms with van der Waals surface area (Å²) in [5, 5.41) is 16.1. The molecule has 24 heavy (non-hydrogen) atoms. The predicted molar refractivity (Wildman–Crippen MR) is 104 cm³/mol. The summed E-state index contributed by atoms with van der Waals surface area (Å²) in [6.45, 7) is 11.3. The second-order valence-corrected chi connectivity index (χ2v) is 6.57. The smallest absolute Gasteiger partial charge is 0.191 e. The number of nitrogens with one attached hydrogen (secondary N) is 2. The van der Waals surface area contributed by atoms with Crippen molar-refractivity contribution in [3.05, 3.63) is 35.9 Å². The number of rotatable bonds is 10. The first kappa shape index (κ1) is 20.5. The molecule has 4 heteroatoms. The third kappa shape index (κ3) is 6.52. The van der Waals surface area contributed by atoms with Gasteiger partial charge in [0.2, 0.25) is 0 Å². The number of benzene rings is 1. The highest BCUT2D eigenvalue weighted by atomic mass is 16.3. The first-order valence-electron chi connectivity index (χ1n) is 9.28. The highest BCUT2D eigenvalue weighted by molar-refractivity contribution is 5.79. The summed E-state index contributed by atoms with van der Waals surface area (Å²) in [7, 11) is 0. The number of aliphatic hydroxyl groups excluding tert-OH is 1. The fourth-order valence-corrected chi connectivity index (χ4v) is 2.88. The molecule has 0 radical (unpaired) electrons. The summed E-state index contributed by atoms with van der Waals surface area (Å²) in [6.07, 6.45) is 2.88. The lowest BCUT2D eigenvalue weighted by Gasteiger charge is -2.29. The normalized spacial score (nSPS) is 13.6. The Bertz CT molecular complexity index is 469. The molecule has 0 spiro atoms. The first-order chi connectivity index (χ1) is 11.6. The van der Waals surface area contributed by atoms with Gasteiger partial charge in [-0.2, -0.15) is 0 Å². The van der Waals surface area contributed by atoms with E-state index in [-0.39, 0.29) is 12.0 Å². The number of aliphatic hydroxyl groups is 1. The van der Waals surface area contributed by atoms with E-state index in [2.05, 4.69) is 62.6 Å². The van der Waals surface area contributed by atoms with E-state index in [1.807, 2.05) is 6.07 Å². The third-order valence-corrected chi connectivity index (χ3v) is 5.00. The zero-order chi connectivity index (χ0) is 17.8. The molecule has 1 unspecified atom stereocenters. The van der Waals surface area contributed by atoms with Crippen molar-refractivity contribution in [3.63, 3.8) is 0 Å². The molecule has 0 aliphatic rings. The SMILES string of the molecule is CCNC(=NCC(CC)(CC)CCO)NCC(C)c1ccccc1. The van der Waals surface area contributed by atoms with Crippen LogP contribution < -0.4 is 10.6 Å². The molecule has 0 heterocycles. The fraction of sp³-hybridized carbons (Fsp3) is 0.650. The Morgan fingerprint density at radius 3 is 2.33 bits per heavy atom. The van der Waals surface area contributed by atoms with Gasteiger partial charge in [0.1, 0.15) is 0 Å². The van der Waals surface area contributed by atoms with E-state index in [0.29, 0.717) is 5.92 Å². The van der Waals surface area contributed by atoms with Crippen molar-refractivity contribution in [2.75, 3.05) is 26.2 Å². The number of hydrogen-bond acceptors (Lipinski definition) is 2. The van der Waals surface area contributed by atoms with E-state index in [4.69, 9.17) is 4.99 Å². The molecule has 0 aliphatic carbocycles. The maximum absolute atomic E-state index is 9.36. The molecule has 4 nitrogen and oxygen atoms in total. The maximum Gasteiger partial charge on any atom is 0.191 e. The van der Waals surface area contributed by atoms with Crippen molar-refractivity contribution >= 4 is 5.96 Å². The lowest BCUT2D eigenvalue weighted by molar-refractivity contribution is 0.175. The molecular formula is C20H35N3O. The van der Waals surface area contributed by atoms with Gasteiger partial charge in [0, 0.05) is 26.2 Å². The predicted octanol–water partition coefficient (Wildman–Crippen LogP) is 3.53. The van der Waals surface area contributed by atoms with Gasteiger partial charge in [0.15, 0.2) is 5.96 Å². The first-order valence-corrected chi connectivity index (χ1v) is 9.28. The average Bonchev–Trinajstić information content (AvgIpc) is 2.63. The van der Waals surface area contributed by atoms with Gasteiger partial charge in [-0.05, 0) is 43.1 Å². The second kappa shape index (κ2) is 11.1. The largest absolute Gasteiger partial charge is 0.396 e. The molecule has 1 atom stereocenters. The van der Waals surface area contributed by atoms with Gasteiger partial charge in [-0.3, -0.25) is 4.99 Å². The van der Waals surface area contributed by atoms with Crippen LogP contribution in [0.5, 0.6) is 0 Å². The molecule has 0 bridgehead atoms. The van der Waals surface area contributed by atoms with Crippen molar-refractivity contribution in [1.29, 1.82) is 0 Å². The van der Waals surface area contributed by atoms with Gasteiger partial charge in [0.05, 0.1) is 0 Å². The van der Waals surface area contributed by atoms with Crippen LogP contribution >= 0.6 is 0 Å². The number of aliphatic imine (C=N–C) groups is 1. The molecule has 0 saturated carbocycles. The minimum atomic E-state index is 0.0994. The molecule has 0 aromatic heterocycles. The zero-order valence-electron chi connectivity index (χ0n) is 15.8. The molecule has 1 rings (SSSR count). The maximum atomic E-state index is 9.36. The molecule has 0 amide bonds. The van der Waals surface area contributed by atoms with Crippen LogP contribution in [0.3, 0.4) is 0 Å². The van der Waals surface area contributed by atoms with E-state index in [1.54, 1.807) is 0 Å². The van der Waals surface area contributed by atoms with Crippen molar-refractivity contribution in [1.82, 2.24) is 10.6 Å². The zero-order valence-corrected chi connectivity index (χ0v) is 15.8. The molecule has 3 N–H and O–H groups in total. The fourth-order valence-electron chi connectivity index (χ4n) is 2.88. The van der Waals surface area contributed by atoms with Gasteiger partial charge in [-0.15, -0.1) is 0 Å². The van der Waals surface area contributed by atoms with Gasteiger partial charge in [0.25, 0.3) is 0 Å². The Morgan fingerprint density at radius 1 is 1.12 bits per heavy atom. The summed E-state index contributed by atoms with van der Waals surface area (Å²) in [5.74, 6) is 1.29. The number of nitrogens with zero attached hydrogens (tertiary/aromatic N) is 1. The molecule has 1 aromatic rings. The minimum Gasteiger partial charge on any atom is -0.396 e. The lowest BCUT2D eigenvalue weighted by Crippen LogP contribution is -2.40. The summed E-state index contributed by atoms with van der Waals surface area (Å²) in [4.78, 5) is 4.80. The summed E-state index contributed by atoms with van der Waals surface area (Å²) in [6, 6.07) is 10.5. The Balaban J connectivity index is 2.68. The minimum absolute atomic E-state index is 0.0994. The summed E-state index contributed by atoms with van der Waals surface area (Å²) < 4.78 is 0. The molecule has 136 valence electrons. The molecule has 1 aromatic carbocycles. The van der Waals surface area contributed by atoms with Crippen LogP contribution in [-0.4, -0.2) is 37.3 Å². The average molecular weight is 334 g/mol. The van der Waals surface area contributed by atoms with E-state index >= 15 is 0 Å². The highest BCUT2D eigenvalue weighted by Gasteiger charge is 2.25. The van der Waals surface area contributed by atoms with Crippen LogP contribution in [0.2, 0.25) is 0 Å². The van der Waals surface area contributed by atoms with Gasteiger partial charge in [-0.1, -0.05) is 51.1 Å². The highest BCUT2D eigenvalue weighted by Crippen LogP contribution is 2.30. The number of hydrogen-bond donors (Lipinski definition) is 3. The summed E-state index contributed by atoms with van der Waals surface area (Å²) in [5.41, 5.74) is 1.43. The molecule has 0 saturated heterocycles. The Morgan fingerprint density at radius 2 is 1.79 bits per heavy atom. The van der Waals surface area contributed by atoms with Crippen molar-refractivity contribution < 1.29 is 5.11 Å². The van der Waals surface area contributed by atoms with Crippen molar-refractivity contribution in [2.24, 2.45) is 10.4 Å². The monoisotopic (exact) mass is 333 g/mol. The van der Waals surface area contributed by atoms with Crippen LogP contribution in [0.4, 0.5) is 0 Å². The Labute approximate surface area is 147 Å². The lowest BCUT2D eigenvalue weighted by atomic mass is 9.79. The van der Waals surface area contributed by atoms with Crippen LogP contribution in [0.25, 0.3) is 0 Å². The topological polar surface area (TPSA) is 56.7 Å². The van der Waals surface area contributed by atoms with Crippen LogP contribution in [0.15, 0.2) is 35.3 Å². The molecular weight excluding hydrogens is 298 g/mol. The van der Waals surface area contributed by atoms with E-state index < -0.39 is 0 Å². The van der Waals surface area contributed by atoms with Crippen LogP contribution in [0.1, 0.15) is 58.4 Å². The van der Waals surface area contributed by atoms with Crippen molar-refractivity contribution in [2.45, 2.75) is 52.9 Å². The standard InChI is InChI=1S/C20H35N3O/c1-5-20(6-2,13-14-24)16-23-19(21-7-3)22-15-17(4)18-11-9-8-10-12-18/h8-12,17,24H,5-7,13-16H2,1-4H3,(H2,21,22,23). The van der Waals surface area contributed by atoms with Gasteiger partial charge < -0.3 is 15.7 Å².